The van der Waals surface area contributed by atoms with Crippen LogP contribution >= 0.6 is 0 Å². The molecule has 0 spiro atoms. The van der Waals surface area contributed by atoms with Gasteiger partial charge in [0.05, 0.1) is 18.0 Å². The van der Waals surface area contributed by atoms with Gasteiger partial charge in [0.25, 0.3) is 0 Å². The number of aliphatic hydroxyl groups excluding tert-OH is 2. The zero-order chi connectivity index (χ0) is 16.5. The van der Waals surface area contributed by atoms with Crippen LogP contribution in [-0.2, 0) is 19.6 Å². The summed E-state index contributed by atoms with van der Waals surface area (Å²) in [5.74, 6) is 0. The average molecular weight is 326 g/mol. The van der Waals surface area contributed by atoms with Gasteiger partial charge in [-0.05, 0) is 29.5 Å². The van der Waals surface area contributed by atoms with Crippen LogP contribution in [0.5, 0.6) is 0 Å². The second-order valence-electron chi connectivity index (χ2n) is 6.41. The van der Waals surface area contributed by atoms with Crippen LogP contribution in [0, 0.1) is 0 Å². The van der Waals surface area contributed by atoms with Gasteiger partial charge in [0.15, 0.2) is 0 Å². The Hall–Kier alpha value is -2.15. The first-order valence-corrected chi connectivity index (χ1v) is 8.37. The molecule has 4 rings (SSSR count). The minimum atomic E-state index is -0.898. The van der Waals surface area contributed by atoms with E-state index in [0.717, 1.165) is 38.3 Å². The van der Waals surface area contributed by atoms with Gasteiger partial charge in [-0.25, -0.2) is 0 Å². The van der Waals surface area contributed by atoms with E-state index in [2.05, 4.69) is 39.2 Å². The van der Waals surface area contributed by atoms with Crippen molar-refractivity contribution >= 4 is 10.9 Å². The maximum absolute atomic E-state index is 9.80. The SMILES string of the molecule is OC[C@H](O)c1cc2n(n1)CCCN(Cc1cccc3cc[nH]c13)C2. The molecule has 6 heteroatoms. The highest BCUT2D eigenvalue weighted by molar-refractivity contribution is 5.82. The van der Waals surface area contributed by atoms with E-state index < -0.39 is 6.10 Å². The van der Waals surface area contributed by atoms with Crippen LogP contribution < -0.4 is 0 Å². The topological polar surface area (TPSA) is 77.3 Å². The molecule has 0 saturated heterocycles. The number of aromatic nitrogens is 3. The Bertz CT molecular complexity index is 839. The molecular formula is C18H22N4O2. The molecule has 0 amide bonds. The minimum Gasteiger partial charge on any atom is -0.393 e. The predicted octanol–water partition coefficient (Wildman–Crippen LogP) is 1.80. The normalized spacial score (nSPS) is 16.9. The van der Waals surface area contributed by atoms with Crippen molar-refractivity contribution in [2.45, 2.75) is 32.2 Å². The average Bonchev–Trinajstić information content (AvgIpc) is 3.18. The minimum absolute atomic E-state index is 0.297. The molecule has 0 fully saturated rings. The van der Waals surface area contributed by atoms with Gasteiger partial charge in [-0.3, -0.25) is 9.58 Å². The third-order valence-electron chi connectivity index (χ3n) is 4.69. The molecule has 3 aromatic rings. The highest BCUT2D eigenvalue weighted by Crippen LogP contribution is 2.22. The molecule has 0 saturated carbocycles. The molecule has 3 heterocycles. The quantitative estimate of drug-likeness (QED) is 0.683. The lowest BCUT2D eigenvalue weighted by Crippen LogP contribution is -2.23. The first-order valence-electron chi connectivity index (χ1n) is 8.37. The molecule has 1 aliphatic rings. The Balaban J connectivity index is 1.57. The third-order valence-corrected chi connectivity index (χ3v) is 4.69. The van der Waals surface area contributed by atoms with Crippen LogP contribution in [0.25, 0.3) is 10.9 Å². The number of aryl methyl sites for hydroxylation is 1. The zero-order valence-corrected chi connectivity index (χ0v) is 13.5. The summed E-state index contributed by atoms with van der Waals surface area (Å²) in [5, 5.41) is 24.6. The first-order chi connectivity index (χ1) is 11.7. The van der Waals surface area contributed by atoms with Crippen LogP contribution in [0.3, 0.4) is 0 Å². The molecule has 0 radical (unpaired) electrons. The van der Waals surface area contributed by atoms with E-state index in [4.69, 9.17) is 5.11 Å². The van der Waals surface area contributed by atoms with Crippen molar-refractivity contribution in [1.29, 1.82) is 0 Å². The number of benzene rings is 1. The molecule has 1 aromatic carbocycles. The summed E-state index contributed by atoms with van der Waals surface area (Å²) in [5.41, 5.74) is 4.14. The number of rotatable bonds is 4. The summed E-state index contributed by atoms with van der Waals surface area (Å²) in [6.07, 6.45) is 2.10. The lowest BCUT2D eigenvalue weighted by Gasteiger charge is -2.20. The number of H-pyrrole nitrogens is 1. The number of aromatic amines is 1. The van der Waals surface area contributed by atoms with E-state index in [-0.39, 0.29) is 6.61 Å². The number of hydrogen-bond donors (Lipinski definition) is 3. The van der Waals surface area contributed by atoms with Gasteiger partial charge in [-0.1, -0.05) is 18.2 Å². The third kappa shape index (κ3) is 2.84. The number of fused-ring (bicyclic) bond motifs is 2. The van der Waals surface area contributed by atoms with Gasteiger partial charge in [-0.2, -0.15) is 5.10 Å². The number of nitrogens with zero attached hydrogens (tertiary/aromatic N) is 3. The van der Waals surface area contributed by atoms with E-state index in [1.807, 2.05) is 16.9 Å². The Labute approximate surface area is 140 Å². The molecule has 0 bridgehead atoms. The van der Waals surface area contributed by atoms with Crippen LogP contribution in [0.2, 0.25) is 0 Å². The van der Waals surface area contributed by atoms with E-state index in [1.165, 1.54) is 16.5 Å². The van der Waals surface area contributed by atoms with Crippen molar-refractivity contribution in [3.05, 3.63) is 53.5 Å². The maximum atomic E-state index is 9.80. The van der Waals surface area contributed by atoms with E-state index in [9.17, 15) is 5.11 Å². The predicted molar refractivity (Wildman–Crippen MR) is 91.3 cm³/mol. The molecule has 3 N–H and O–H groups in total. The van der Waals surface area contributed by atoms with Crippen molar-refractivity contribution in [2.75, 3.05) is 13.2 Å². The molecule has 126 valence electrons. The van der Waals surface area contributed by atoms with E-state index in [0.29, 0.717) is 5.69 Å². The van der Waals surface area contributed by atoms with Crippen molar-refractivity contribution in [3.63, 3.8) is 0 Å². The lowest BCUT2D eigenvalue weighted by atomic mass is 10.1. The first kappa shape index (κ1) is 15.4. The number of nitrogens with one attached hydrogen (secondary N) is 1. The largest absolute Gasteiger partial charge is 0.393 e. The Kier molecular flexibility index (Phi) is 4.10. The Morgan fingerprint density at radius 1 is 1.25 bits per heavy atom. The molecule has 1 aliphatic heterocycles. The van der Waals surface area contributed by atoms with E-state index >= 15 is 0 Å². The summed E-state index contributed by atoms with van der Waals surface area (Å²) < 4.78 is 1.96. The number of para-hydroxylation sites is 1. The molecule has 6 nitrogen and oxygen atoms in total. The summed E-state index contributed by atoms with van der Waals surface area (Å²) in [6, 6.07) is 10.4. The van der Waals surface area contributed by atoms with Crippen LogP contribution in [0.15, 0.2) is 36.5 Å². The summed E-state index contributed by atoms with van der Waals surface area (Å²) in [6.45, 7) is 3.23. The van der Waals surface area contributed by atoms with Gasteiger partial charge in [0, 0.05) is 37.9 Å². The van der Waals surface area contributed by atoms with Crippen molar-refractivity contribution in [2.24, 2.45) is 0 Å². The van der Waals surface area contributed by atoms with Crippen molar-refractivity contribution in [3.8, 4) is 0 Å². The zero-order valence-electron chi connectivity index (χ0n) is 13.5. The Morgan fingerprint density at radius 2 is 2.17 bits per heavy atom. The van der Waals surface area contributed by atoms with Gasteiger partial charge in [0.1, 0.15) is 6.10 Å². The van der Waals surface area contributed by atoms with Gasteiger partial charge in [-0.15, -0.1) is 0 Å². The summed E-state index contributed by atoms with van der Waals surface area (Å²) >= 11 is 0. The highest BCUT2D eigenvalue weighted by Gasteiger charge is 2.20. The van der Waals surface area contributed by atoms with E-state index in [1.54, 1.807) is 0 Å². The van der Waals surface area contributed by atoms with Crippen LogP contribution in [0.4, 0.5) is 0 Å². The second kappa shape index (κ2) is 6.39. The van der Waals surface area contributed by atoms with Crippen molar-refractivity contribution < 1.29 is 10.2 Å². The second-order valence-corrected chi connectivity index (χ2v) is 6.41. The number of aliphatic hydroxyl groups is 2. The maximum Gasteiger partial charge on any atom is 0.121 e. The number of hydrogen-bond acceptors (Lipinski definition) is 4. The summed E-state index contributed by atoms with van der Waals surface area (Å²) in [4.78, 5) is 5.74. The Morgan fingerprint density at radius 3 is 3.04 bits per heavy atom. The van der Waals surface area contributed by atoms with Gasteiger partial charge in [0.2, 0.25) is 0 Å². The molecule has 1 atom stereocenters. The van der Waals surface area contributed by atoms with Gasteiger partial charge < -0.3 is 15.2 Å². The van der Waals surface area contributed by atoms with Gasteiger partial charge >= 0.3 is 0 Å². The van der Waals surface area contributed by atoms with Crippen LogP contribution in [-0.4, -0.2) is 43.0 Å². The fraction of sp³-hybridized carbons (Fsp3) is 0.389. The monoisotopic (exact) mass is 326 g/mol. The van der Waals surface area contributed by atoms with Crippen LogP contribution in [0.1, 0.15) is 29.5 Å². The molecule has 0 aliphatic carbocycles. The fourth-order valence-electron chi connectivity index (χ4n) is 3.46. The highest BCUT2D eigenvalue weighted by atomic mass is 16.3. The molecule has 2 aromatic heterocycles. The van der Waals surface area contributed by atoms with Crippen molar-refractivity contribution in [1.82, 2.24) is 19.7 Å². The lowest BCUT2D eigenvalue weighted by molar-refractivity contribution is 0.0916. The molecular weight excluding hydrogens is 304 g/mol. The fourth-order valence-corrected chi connectivity index (χ4v) is 3.46. The summed E-state index contributed by atoms with van der Waals surface area (Å²) in [7, 11) is 0. The smallest absolute Gasteiger partial charge is 0.121 e. The molecule has 24 heavy (non-hydrogen) atoms. The molecule has 0 unspecified atom stereocenters. The standard InChI is InChI=1S/C18H22N4O2/c23-12-17(24)16-9-15-11-21(7-2-8-22(15)20-16)10-14-4-1-3-13-5-6-19-18(13)14/h1,3-6,9,17,19,23-24H,2,7-8,10-12H2/t17-/m0/s1.